The highest BCUT2D eigenvalue weighted by Gasteiger charge is 2.24. The minimum atomic E-state index is -0.883. The summed E-state index contributed by atoms with van der Waals surface area (Å²) in [6, 6.07) is 10.6. The molecule has 3 rings (SSSR count). The number of benzene rings is 2. The number of nitro groups is 1. The first-order chi connectivity index (χ1) is 13.9. The number of nitrogens with zero attached hydrogens (tertiary/aromatic N) is 3. The average Bonchev–Trinajstić information content (AvgIpc) is 3.23. The summed E-state index contributed by atoms with van der Waals surface area (Å²) in [6.45, 7) is 1.55. The zero-order valence-electron chi connectivity index (χ0n) is 15.8. The monoisotopic (exact) mass is 399 g/mol. The van der Waals surface area contributed by atoms with E-state index in [0.717, 1.165) is 6.07 Å². The molecule has 0 unspecified atom stereocenters. The first kappa shape index (κ1) is 19.8. The van der Waals surface area contributed by atoms with E-state index in [1.54, 1.807) is 38.3 Å². The van der Waals surface area contributed by atoms with Crippen molar-refractivity contribution in [2.24, 2.45) is 0 Å². The largest absolute Gasteiger partial charge is 0.497 e. The molecule has 0 N–H and O–H groups in total. The second-order valence-corrected chi connectivity index (χ2v) is 5.86. The Balaban J connectivity index is 1.77. The maximum absolute atomic E-state index is 12.5. The average molecular weight is 399 g/mol. The van der Waals surface area contributed by atoms with Crippen LogP contribution in [-0.4, -0.2) is 35.3 Å². The molecule has 1 atom stereocenters. The quantitative estimate of drug-likeness (QED) is 0.333. The van der Waals surface area contributed by atoms with Gasteiger partial charge in [-0.05, 0) is 37.3 Å². The van der Waals surface area contributed by atoms with Gasteiger partial charge in [-0.1, -0.05) is 0 Å². The fourth-order valence-corrected chi connectivity index (χ4v) is 2.49. The van der Waals surface area contributed by atoms with Gasteiger partial charge in [-0.2, -0.15) is 0 Å². The second-order valence-electron chi connectivity index (χ2n) is 5.86. The summed E-state index contributed by atoms with van der Waals surface area (Å²) in [5.74, 6) is 0.341. The number of rotatable bonds is 7. The predicted molar refractivity (Wildman–Crippen MR) is 99.8 cm³/mol. The first-order valence-corrected chi connectivity index (χ1v) is 8.44. The predicted octanol–water partition coefficient (Wildman–Crippen LogP) is 3.58. The Kier molecular flexibility index (Phi) is 5.72. The van der Waals surface area contributed by atoms with E-state index in [0.29, 0.717) is 11.3 Å². The number of carbonyl (C=O) groups is 1. The number of ether oxygens (including phenoxy) is 3. The molecule has 29 heavy (non-hydrogen) atoms. The molecule has 0 fully saturated rings. The highest BCUT2D eigenvalue weighted by atomic mass is 16.6. The van der Waals surface area contributed by atoms with E-state index in [1.165, 1.54) is 19.2 Å². The van der Waals surface area contributed by atoms with Crippen molar-refractivity contribution in [2.75, 3.05) is 14.2 Å². The topological polar surface area (TPSA) is 127 Å². The molecular weight excluding hydrogens is 382 g/mol. The van der Waals surface area contributed by atoms with Crippen molar-refractivity contribution in [3.63, 3.8) is 0 Å². The third-order valence-corrected chi connectivity index (χ3v) is 4.02. The molecule has 10 nitrogen and oxygen atoms in total. The van der Waals surface area contributed by atoms with Gasteiger partial charge in [0, 0.05) is 17.7 Å². The van der Waals surface area contributed by atoms with Crippen LogP contribution in [0.5, 0.6) is 11.5 Å². The van der Waals surface area contributed by atoms with Crippen LogP contribution in [0.15, 0.2) is 46.9 Å². The number of hydrogen-bond donors (Lipinski definition) is 0. The highest BCUT2D eigenvalue weighted by Crippen LogP contribution is 2.28. The minimum Gasteiger partial charge on any atom is -0.497 e. The molecule has 3 aromatic rings. The summed E-state index contributed by atoms with van der Waals surface area (Å²) in [4.78, 5) is 22.9. The number of non-ortho nitro benzene ring substituents is 1. The molecular formula is C19H17N3O7. The normalized spacial score (nSPS) is 11.6. The number of nitro benzene ring substituents is 1. The maximum atomic E-state index is 12.5. The van der Waals surface area contributed by atoms with Crippen LogP contribution in [0, 0.1) is 10.1 Å². The van der Waals surface area contributed by atoms with Gasteiger partial charge < -0.3 is 18.6 Å². The Morgan fingerprint density at radius 1 is 1.10 bits per heavy atom. The number of carbonyl (C=O) groups excluding carboxylic acids is 1. The van der Waals surface area contributed by atoms with Gasteiger partial charge in [-0.15, -0.1) is 10.2 Å². The van der Waals surface area contributed by atoms with E-state index in [9.17, 15) is 14.9 Å². The summed E-state index contributed by atoms with van der Waals surface area (Å²) in [6.07, 6.45) is -0.883. The standard InChI is InChI=1S/C19H17N3O7/c1-11(17-20-21-18(29-17)12-4-7-14(26-2)8-5-12)28-19(23)15-10-13(22(24)25)6-9-16(15)27-3/h4-11H,1-3H3/t11-/m1/s1. The lowest BCUT2D eigenvalue weighted by atomic mass is 10.2. The van der Waals surface area contributed by atoms with Gasteiger partial charge >= 0.3 is 5.97 Å². The summed E-state index contributed by atoms with van der Waals surface area (Å²) >= 11 is 0. The summed E-state index contributed by atoms with van der Waals surface area (Å²) < 4.78 is 21.1. The van der Waals surface area contributed by atoms with Crippen molar-refractivity contribution in [3.8, 4) is 23.0 Å². The lowest BCUT2D eigenvalue weighted by Gasteiger charge is -2.11. The van der Waals surface area contributed by atoms with Crippen molar-refractivity contribution in [3.05, 3.63) is 64.0 Å². The number of methoxy groups -OCH3 is 2. The van der Waals surface area contributed by atoms with Crippen molar-refractivity contribution in [2.45, 2.75) is 13.0 Å². The Bertz CT molecular complexity index is 1030. The molecule has 10 heteroatoms. The van der Waals surface area contributed by atoms with E-state index in [2.05, 4.69) is 10.2 Å². The first-order valence-electron chi connectivity index (χ1n) is 8.44. The molecule has 0 spiro atoms. The van der Waals surface area contributed by atoms with Gasteiger partial charge in [0.15, 0.2) is 6.10 Å². The Morgan fingerprint density at radius 2 is 1.83 bits per heavy atom. The molecule has 0 aliphatic carbocycles. The van der Waals surface area contributed by atoms with Gasteiger partial charge in [0.05, 0.1) is 19.1 Å². The lowest BCUT2D eigenvalue weighted by Crippen LogP contribution is -2.11. The van der Waals surface area contributed by atoms with Crippen LogP contribution in [0.4, 0.5) is 5.69 Å². The van der Waals surface area contributed by atoms with Crippen molar-refractivity contribution in [1.29, 1.82) is 0 Å². The van der Waals surface area contributed by atoms with Crippen LogP contribution in [0.2, 0.25) is 0 Å². The molecule has 150 valence electrons. The van der Waals surface area contributed by atoms with Gasteiger partial charge in [0.1, 0.15) is 17.1 Å². The third-order valence-electron chi connectivity index (χ3n) is 4.02. The van der Waals surface area contributed by atoms with Crippen molar-refractivity contribution >= 4 is 11.7 Å². The minimum absolute atomic E-state index is 0.0774. The molecule has 1 aromatic heterocycles. The molecule has 0 aliphatic heterocycles. The van der Waals surface area contributed by atoms with Crippen LogP contribution < -0.4 is 9.47 Å². The molecule has 0 saturated carbocycles. The third kappa shape index (κ3) is 4.32. The summed E-state index contributed by atoms with van der Waals surface area (Å²) in [7, 11) is 2.91. The van der Waals surface area contributed by atoms with Gasteiger partial charge in [-0.25, -0.2) is 4.79 Å². The number of esters is 1. The van der Waals surface area contributed by atoms with Crippen LogP contribution in [0.1, 0.15) is 29.3 Å². The molecule has 2 aromatic carbocycles. The fourth-order valence-electron chi connectivity index (χ4n) is 2.49. The highest BCUT2D eigenvalue weighted by molar-refractivity contribution is 5.93. The summed E-state index contributed by atoms with van der Waals surface area (Å²) in [5.41, 5.74) is 0.330. The van der Waals surface area contributed by atoms with E-state index < -0.39 is 17.0 Å². The maximum Gasteiger partial charge on any atom is 0.342 e. The molecule has 0 radical (unpaired) electrons. The smallest absolute Gasteiger partial charge is 0.342 e. The summed E-state index contributed by atoms with van der Waals surface area (Å²) in [5, 5.41) is 18.8. The van der Waals surface area contributed by atoms with Crippen LogP contribution in [-0.2, 0) is 4.74 Å². The Hall–Kier alpha value is -3.95. The van der Waals surface area contributed by atoms with Crippen LogP contribution in [0.3, 0.4) is 0 Å². The fraction of sp³-hybridized carbons (Fsp3) is 0.211. The van der Waals surface area contributed by atoms with Crippen LogP contribution >= 0.6 is 0 Å². The van der Waals surface area contributed by atoms with E-state index in [4.69, 9.17) is 18.6 Å². The zero-order valence-corrected chi connectivity index (χ0v) is 15.8. The molecule has 0 saturated heterocycles. The van der Waals surface area contributed by atoms with Gasteiger partial charge in [0.2, 0.25) is 5.89 Å². The second kappa shape index (κ2) is 8.38. The van der Waals surface area contributed by atoms with E-state index in [1.807, 2.05) is 0 Å². The number of hydrogen-bond acceptors (Lipinski definition) is 9. The van der Waals surface area contributed by atoms with E-state index in [-0.39, 0.29) is 28.8 Å². The Labute approximate surface area is 165 Å². The molecule has 0 amide bonds. The van der Waals surface area contributed by atoms with Crippen molar-refractivity contribution in [1.82, 2.24) is 10.2 Å². The lowest BCUT2D eigenvalue weighted by molar-refractivity contribution is -0.384. The molecule has 0 bridgehead atoms. The molecule has 0 aliphatic rings. The van der Waals surface area contributed by atoms with E-state index >= 15 is 0 Å². The van der Waals surface area contributed by atoms with Gasteiger partial charge in [0.25, 0.3) is 11.6 Å². The number of aromatic nitrogens is 2. The van der Waals surface area contributed by atoms with Crippen molar-refractivity contribution < 1.29 is 28.3 Å². The SMILES string of the molecule is COc1ccc(-c2nnc([C@@H](C)OC(=O)c3cc([N+](=O)[O-])ccc3OC)o2)cc1. The van der Waals surface area contributed by atoms with Crippen LogP contribution in [0.25, 0.3) is 11.5 Å². The molecule has 1 heterocycles. The van der Waals surface area contributed by atoms with Gasteiger partial charge in [-0.3, -0.25) is 10.1 Å². The Morgan fingerprint density at radius 3 is 2.45 bits per heavy atom. The zero-order chi connectivity index (χ0) is 21.0.